The molecule has 6 nitrogen and oxygen atoms in total. The Balaban J connectivity index is 1.90. The molecule has 0 spiro atoms. The molecule has 2 rings (SSSR count). The van der Waals surface area contributed by atoms with E-state index in [4.69, 9.17) is 4.52 Å². The lowest BCUT2D eigenvalue weighted by atomic mass is 9.85. The number of aromatic nitrogens is 2. The van der Waals surface area contributed by atoms with Crippen molar-refractivity contribution in [2.45, 2.75) is 33.1 Å². The highest BCUT2D eigenvalue weighted by atomic mass is 16.5. The average Bonchev–Trinajstić information content (AvgIpc) is 2.88. The molecule has 0 radical (unpaired) electrons. The molecule has 1 aliphatic heterocycles. The Morgan fingerprint density at radius 3 is 3.16 bits per heavy atom. The molecule has 1 aromatic rings. The van der Waals surface area contributed by atoms with Crippen molar-refractivity contribution in [3.8, 4) is 0 Å². The lowest BCUT2D eigenvalue weighted by Gasteiger charge is -2.27. The molecule has 2 N–H and O–H groups in total. The molecule has 0 aromatic carbocycles. The minimum atomic E-state index is -0.274. The first-order chi connectivity index (χ1) is 9.20. The molecule has 0 saturated carbocycles. The number of nitrogens with one attached hydrogen (secondary N) is 2. The Kier molecular flexibility index (Phi) is 4.90. The van der Waals surface area contributed by atoms with Gasteiger partial charge >= 0.3 is 0 Å². The van der Waals surface area contributed by atoms with Crippen LogP contribution >= 0.6 is 0 Å². The normalized spacial score (nSPS) is 21.1. The van der Waals surface area contributed by atoms with Gasteiger partial charge in [0.05, 0.1) is 0 Å². The lowest BCUT2D eigenvalue weighted by molar-refractivity contribution is 0.0942. The Bertz CT molecular complexity index is 413. The SMILES string of the molecule is CCNC(=O)c1noc(CC(C)C2CCCNC2)n1. The predicted molar refractivity (Wildman–Crippen MR) is 70.8 cm³/mol. The summed E-state index contributed by atoms with van der Waals surface area (Å²) in [5.74, 6) is 1.54. The van der Waals surface area contributed by atoms with Gasteiger partial charge < -0.3 is 15.2 Å². The Morgan fingerprint density at radius 2 is 2.47 bits per heavy atom. The molecule has 106 valence electrons. The van der Waals surface area contributed by atoms with Crippen LogP contribution in [-0.2, 0) is 6.42 Å². The average molecular weight is 266 g/mol. The first-order valence-electron chi connectivity index (χ1n) is 7.02. The summed E-state index contributed by atoms with van der Waals surface area (Å²) in [6.07, 6.45) is 3.20. The van der Waals surface area contributed by atoms with Crippen molar-refractivity contribution in [1.82, 2.24) is 20.8 Å². The van der Waals surface area contributed by atoms with Crippen molar-refractivity contribution in [3.63, 3.8) is 0 Å². The number of amides is 1. The molecule has 6 heteroatoms. The zero-order chi connectivity index (χ0) is 13.7. The van der Waals surface area contributed by atoms with Crippen LogP contribution < -0.4 is 10.6 Å². The summed E-state index contributed by atoms with van der Waals surface area (Å²) in [5.41, 5.74) is 0. The van der Waals surface area contributed by atoms with Crippen LogP contribution in [0.3, 0.4) is 0 Å². The number of piperidine rings is 1. The fraction of sp³-hybridized carbons (Fsp3) is 0.769. The monoisotopic (exact) mass is 266 g/mol. The van der Waals surface area contributed by atoms with Crippen molar-refractivity contribution in [3.05, 3.63) is 11.7 Å². The van der Waals surface area contributed by atoms with Crippen LogP contribution in [0.25, 0.3) is 0 Å². The molecule has 2 heterocycles. The largest absolute Gasteiger partial charge is 0.349 e. The fourth-order valence-corrected chi connectivity index (χ4v) is 2.48. The van der Waals surface area contributed by atoms with Gasteiger partial charge in [-0.15, -0.1) is 0 Å². The van der Waals surface area contributed by atoms with Crippen LogP contribution in [0.1, 0.15) is 43.2 Å². The van der Waals surface area contributed by atoms with Crippen LogP contribution in [0.4, 0.5) is 0 Å². The van der Waals surface area contributed by atoms with E-state index in [1.165, 1.54) is 12.8 Å². The Labute approximate surface area is 113 Å². The molecule has 2 atom stereocenters. The molecule has 1 aromatic heterocycles. The van der Waals surface area contributed by atoms with E-state index in [1.54, 1.807) is 0 Å². The number of hydrogen-bond acceptors (Lipinski definition) is 5. The first-order valence-corrected chi connectivity index (χ1v) is 7.02. The summed E-state index contributed by atoms with van der Waals surface area (Å²) in [4.78, 5) is 15.7. The summed E-state index contributed by atoms with van der Waals surface area (Å²) in [7, 11) is 0. The van der Waals surface area contributed by atoms with E-state index in [2.05, 4.69) is 27.7 Å². The van der Waals surface area contributed by atoms with Crippen molar-refractivity contribution < 1.29 is 9.32 Å². The maximum atomic E-state index is 11.5. The second-order valence-corrected chi connectivity index (χ2v) is 5.16. The molecule has 2 unspecified atom stereocenters. The maximum absolute atomic E-state index is 11.5. The van der Waals surface area contributed by atoms with Gasteiger partial charge in [0, 0.05) is 13.0 Å². The third-order valence-corrected chi connectivity index (χ3v) is 3.64. The van der Waals surface area contributed by atoms with Gasteiger partial charge in [0.15, 0.2) is 0 Å². The van der Waals surface area contributed by atoms with E-state index in [0.717, 1.165) is 19.5 Å². The third-order valence-electron chi connectivity index (χ3n) is 3.64. The minimum absolute atomic E-state index is 0.130. The molecule has 1 aliphatic rings. The van der Waals surface area contributed by atoms with Gasteiger partial charge in [-0.05, 0) is 44.7 Å². The van der Waals surface area contributed by atoms with Crippen LogP contribution in [0.15, 0.2) is 4.52 Å². The highest BCUT2D eigenvalue weighted by Crippen LogP contribution is 2.22. The van der Waals surface area contributed by atoms with Gasteiger partial charge in [0.2, 0.25) is 5.89 Å². The van der Waals surface area contributed by atoms with Crippen LogP contribution in [-0.4, -0.2) is 35.7 Å². The molecule has 1 fully saturated rings. The summed E-state index contributed by atoms with van der Waals surface area (Å²) in [6.45, 7) is 6.79. The van der Waals surface area contributed by atoms with E-state index in [0.29, 0.717) is 24.3 Å². The van der Waals surface area contributed by atoms with E-state index < -0.39 is 0 Å². The fourth-order valence-electron chi connectivity index (χ4n) is 2.48. The zero-order valence-electron chi connectivity index (χ0n) is 11.6. The van der Waals surface area contributed by atoms with E-state index in [-0.39, 0.29) is 11.7 Å². The van der Waals surface area contributed by atoms with E-state index in [1.807, 2.05) is 6.92 Å². The molecule has 0 bridgehead atoms. The number of carbonyl (C=O) groups excluding carboxylic acids is 1. The lowest BCUT2D eigenvalue weighted by Crippen LogP contribution is -2.34. The van der Waals surface area contributed by atoms with Crippen LogP contribution in [0.5, 0.6) is 0 Å². The van der Waals surface area contributed by atoms with Gasteiger partial charge in [-0.2, -0.15) is 4.98 Å². The standard InChI is InChI=1S/C13H22N4O2/c1-3-15-13(18)12-16-11(19-17-12)7-9(2)10-5-4-6-14-8-10/h9-10,14H,3-8H2,1-2H3,(H,15,18). The van der Waals surface area contributed by atoms with Crippen LogP contribution in [0.2, 0.25) is 0 Å². The topological polar surface area (TPSA) is 80.0 Å². The second-order valence-electron chi connectivity index (χ2n) is 5.16. The highest BCUT2D eigenvalue weighted by Gasteiger charge is 2.23. The third kappa shape index (κ3) is 3.76. The van der Waals surface area contributed by atoms with E-state index in [9.17, 15) is 4.79 Å². The number of hydrogen-bond donors (Lipinski definition) is 2. The molecule has 1 saturated heterocycles. The smallest absolute Gasteiger partial charge is 0.292 e. The summed E-state index contributed by atoms with van der Waals surface area (Å²) in [6, 6.07) is 0. The molecule has 1 amide bonds. The van der Waals surface area contributed by atoms with Crippen LogP contribution in [0, 0.1) is 11.8 Å². The van der Waals surface area contributed by atoms with Crippen molar-refractivity contribution in [2.24, 2.45) is 11.8 Å². The van der Waals surface area contributed by atoms with E-state index >= 15 is 0 Å². The molecular weight excluding hydrogens is 244 g/mol. The number of nitrogens with zero attached hydrogens (tertiary/aromatic N) is 2. The van der Waals surface area contributed by atoms with Gasteiger partial charge in [-0.1, -0.05) is 12.1 Å². The van der Waals surface area contributed by atoms with Crippen molar-refractivity contribution in [2.75, 3.05) is 19.6 Å². The second kappa shape index (κ2) is 6.65. The summed E-state index contributed by atoms with van der Waals surface area (Å²) < 4.78 is 5.15. The quantitative estimate of drug-likeness (QED) is 0.831. The summed E-state index contributed by atoms with van der Waals surface area (Å²) >= 11 is 0. The first kappa shape index (κ1) is 14.0. The Hall–Kier alpha value is -1.43. The predicted octanol–water partition coefficient (Wildman–Crippen LogP) is 0.998. The van der Waals surface area contributed by atoms with Gasteiger partial charge in [0.25, 0.3) is 11.7 Å². The molecular formula is C13H22N4O2. The highest BCUT2D eigenvalue weighted by molar-refractivity contribution is 5.90. The number of carbonyl (C=O) groups is 1. The van der Waals surface area contributed by atoms with Gasteiger partial charge in [-0.3, -0.25) is 4.79 Å². The molecule has 19 heavy (non-hydrogen) atoms. The van der Waals surface area contributed by atoms with Gasteiger partial charge in [0.1, 0.15) is 0 Å². The van der Waals surface area contributed by atoms with Gasteiger partial charge in [-0.25, -0.2) is 0 Å². The summed E-state index contributed by atoms with van der Waals surface area (Å²) in [5, 5.41) is 9.79. The minimum Gasteiger partial charge on any atom is -0.349 e. The van der Waals surface area contributed by atoms with Crippen molar-refractivity contribution in [1.29, 1.82) is 0 Å². The Morgan fingerprint density at radius 1 is 1.63 bits per heavy atom. The number of rotatable bonds is 5. The maximum Gasteiger partial charge on any atom is 0.292 e. The van der Waals surface area contributed by atoms with Crippen molar-refractivity contribution >= 4 is 5.91 Å². The molecule has 0 aliphatic carbocycles. The zero-order valence-corrected chi connectivity index (χ0v) is 11.6.